The second-order valence-corrected chi connectivity index (χ2v) is 5.85. The molecular formula is C18H20N6O4. The van der Waals surface area contributed by atoms with Crippen LogP contribution >= 0.6 is 0 Å². The Labute approximate surface area is 160 Å². The van der Waals surface area contributed by atoms with Gasteiger partial charge in [0, 0.05) is 31.5 Å². The van der Waals surface area contributed by atoms with Crippen LogP contribution in [0, 0.1) is 0 Å². The summed E-state index contributed by atoms with van der Waals surface area (Å²) in [4.78, 5) is 25.0. The maximum Gasteiger partial charge on any atom is 0.291 e. The Bertz CT molecular complexity index is 905. The SMILES string of the molecule is COCCCNC(=O)Cn1nnc(-c2ccc(NC(=O)c3ccco3)cc2)n1. The van der Waals surface area contributed by atoms with Gasteiger partial charge < -0.3 is 19.8 Å². The topological polar surface area (TPSA) is 124 Å². The molecule has 0 atom stereocenters. The number of furan rings is 1. The number of methoxy groups -OCH3 is 1. The molecule has 1 aromatic carbocycles. The number of hydrogen-bond donors (Lipinski definition) is 2. The van der Waals surface area contributed by atoms with Crippen LogP contribution in [0.15, 0.2) is 47.1 Å². The van der Waals surface area contributed by atoms with E-state index in [9.17, 15) is 9.59 Å². The molecule has 3 aromatic rings. The van der Waals surface area contributed by atoms with Crippen molar-refractivity contribution >= 4 is 17.5 Å². The maximum atomic E-state index is 12.0. The Morgan fingerprint density at radius 3 is 2.75 bits per heavy atom. The minimum absolute atomic E-state index is 0.0166. The molecule has 2 amide bonds. The van der Waals surface area contributed by atoms with Gasteiger partial charge in [-0.3, -0.25) is 9.59 Å². The normalized spacial score (nSPS) is 10.6. The number of rotatable bonds is 9. The number of hydrogen-bond acceptors (Lipinski definition) is 7. The lowest BCUT2D eigenvalue weighted by atomic mass is 10.2. The predicted molar refractivity (Wildman–Crippen MR) is 99.4 cm³/mol. The molecule has 0 unspecified atom stereocenters. The first kappa shape index (κ1) is 19.2. The van der Waals surface area contributed by atoms with Gasteiger partial charge in [-0.2, -0.15) is 4.80 Å². The molecule has 0 saturated carbocycles. The van der Waals surface area contributed by atoms with Gasteiger partial charge in [0.1, 0.15) is 6.54 Å². The van der Waals surface area contributed by atoms with E-state index in [1.165, 1.54) is 11.1 Å². The average molecular weight is 384 g/mol. The van der Waals surface area contributed by atoms with E-state index in [2.05, 4.69) is 26.0 Å². The van der Waals surface area contributed by atoms with Gasteiger partial charge in [-0.05, 0) is 48.0 Å². The summed E-state index contributed by atoms with van der Waals surface area (Å²) in [5.74, 6) is 0.0830. The lowest BCUT2D eigenvalue weighted by molar-refractivity contribution is -0.122. The Hall–Kier alpha value is -3.53. The molecule has 0 fully saturated rings. The van der Waals surface area contributed by atoms with Crippen LogP contribution in [0.1, 0.15) is 17.0 Å². The fourth-order valence-corrected chi connectivity index (χ4v) is 2.36. The third-order valence-corrected chi connectivity index (χ3v) is 3.73. The standard InChI is InChI=1S/C18H20N6O4/c1-27-10-3-9-19-16(25)12-24-22-17(21-23-24)13-5-7-14(8-6-13)20-18(26)15-4-2-11-28-15/h2,4-8,11H,3,9-10,12H2,1H3,(H,19,25)(H,20,26). The summed E-state index contributed by atoms with van der Waals surface area (Å²) in [6.45, 7) is 1.10. The van der Waals surface area contributed by atoms with E-state index in [0.29, 0.717) is 30.2 Å². The van der Waals surface area contributed by atoms with Crippen molar-refractivity contribution in [2.75, 3.05) is 25.6 Å². The summed E-state index contributed by atoms with van der Waals surface area (Å²) in [6.07, 6.45) is 2.17. The predicted octanol–water partition coefficient (Wildman–Crippen LogP) is 1.34. The molecule has 2 heterocycles. The number of anilines is 1. The van der Waals surface area contributed by atoms with Crippen molar-refractivity contribution in [1.82, 2.24) is 25.5 Å². The van der Waals surface area contributed by atoms with Gasteiger partial charge in [-0.25, -0.2) is 0 Å². The molecule has 2 aromatic heterocycles. The van der Waals surface area contributed by atoms with Gasteiger partial charge in [-0.1, -0.05) is 0 Å². The second-order valence-electron chi connectivity index (χ2n) is 5.85. The third kappa shape index (κ3) is 5.24. The van der Waals surface area contributed by atoms with Gasteiger partial charge >= 0.3 is 0 Å². The van der Waals surface area contributed by atoms with Crippen molar-refractivity contribution in [3.63, 3.8) is 0 Å². The highest BCUT2D eigenvalue weighted by atomic mass is 16.5. The van der Waals surface area contributed by atoms with Gasteiger partial charge in [0.25, 0.3) is 5.91 Å². The Kier molecular flexibility index (Phi) is 6.47. The number of aromatic nitrogens is 4. The van der Waals surface area contributed by atoms with E-state index in [1.54, 1.807) is 43.5 Å². The van der Waals surface area contributed by atoms with Crippen LogP contribution in [-0.4, -0.2) is 52.3 Å². The summed E-state index contributed by atoms with van der Waals surface area (Å²) in [5.41, 5.74) is 1.32. The zero-order valence-corrected chi connectivity index (χ0v) is 15.3. The van der Waals surface area contributed by atoms with Crippen LogP contribution in [0.5, 0.6) is 0 Å². The van der Waals surface area contributed by atoms with E-state index in [-0.39, 0.29) is 24.1 Å². The van der Waals surface area contributed by atoms with Crippen LogP contribution in [0.25, 0.3) is 11.4 Å². The first-order valence-corrected chi connectivity index (χ1v) is 8.64. The Morgan fingerprint density at radius 1 is 1.21 bits per heavy atom. The lowest BCUT2D eigenvalue weighted by Gasteiger charge is -2.04. The van der Waals surface area contributed by atoms with Gasteiger partial charge in [-0.15, -0.1) is 10.2 Å². The quantitative estimate of drug-likeness (QED) is 0.533. The first-order valence-electron chi connectivity index (χ1n) is 8.64. The molecular weight excluding hydrogens is 364 g/mol. The number of amides is 2. The molecule has 2 N–H and O–H groups in total. The van der Waals surface area contributed by atoms with E-state index < -0.39 is 0 Å². The summed E-state index contributed by atoms with van der Waals surface area (Å²) in [5, 5.41) is 17.5. The molecule has 0 saturated heterocycles. The third-order valence-electron chi connectivity index (χ3n) is 3.73. The summed E-state index contributed by atoms with van der Waals surface area (Å²) in [7, 11) is 1.61. The molecule has 0 radical (unpaired) electrons. The number of nitrogens with zero attached hydrogens (tertiary/aromatic N) is 4. The van der Waals surface area contributed by atoms with Gasteiger partial charge in [0.15, 0.2) is 5.76 Å². The molecule has 0 aliphatic rings. The number of tetrazole rings is 1. The van der Waals surface area contributed by atoms with Crippen molar-refractivity contribution in [2.45, 2.75) is 13.0 Å². The van der Waals surface area contributed by atoms with Crippen molar-refractivity contribution < 1.29 is 18.7 Å². The molecule has 10 nitrogen and oxygen atoms in total. The lowest BCUT2D eigenvalue weighted by Crippen LogP contribution is -2.29. The molecule has 3 rings (SSSR count). The van der Waals surface area contributed by atoms with Gasteiger partial charge in [0.2, 0.25) is 11.7 Å². The molecule has 10 heteroatoms. The number of carbonyl (C=O) groups is 2. The molecule has 0 aliphatic carbocycles. The van der Waals surface area contributed by atoms with Crippen molar-refractivity contribution in [1.29, 1.82) is 0 Å². The highest BCUT2D eigenvalue weighted by Gasteiger charge is 2.11. The van der Waals surface area contributed by atoms with Crippen LogP contribution in [0.3, 0.4) is 0 Å². The van der Waals surface area contributed by atoms with Crippen LogP contribution in [0.4, 0.5) is 5.69 Å². The fraction of sp³-hybridized carbons (Fsp3) is 0.278. The number of carbonyl (C=O) groups excluding carboxylic acids is 2. The first-order chi connectivity index (χ1) is 13.7. The van der Waals surface area contributed by atoms with Crippen molar-refractivity contribution in [3.05, 3.63) is 48.4 Å². The number of benzene rings is 1. The largest absolute Gasteiger partial charge is 0.459 e. The molecule has 0 aliphatic heterocycles. The fourth-order valence-electron chi connectivity index (χ4n) is 2.36. The van der Waals surface area contributed by atoms with Crippen LogP contribution < -0.4 is 10.6 Å². The number of nitrogens with one attached hydrogen (secondary N) is 2. The Balaban J connectivity index is 1.54. The Morgan fingerprint density at radius 2 is 2.04 bits per heavy atom. The van der Waals surface area contributed by atoms with Crippen LogP contribution in [-0.2, 0) is 16.1 Å². The zero-order chi connectivity index (χ0) is 19.8. The van der Waals surface area contributed by atoms with E-state index in [0.717, 1.165) is 6.42 Å². The van der Waals surface area contributed by atoms with Crippen molar-refractivity contribution in [3.8, 4) is 11.4 Å². The molecule has 146 valence electrons. The minimum Gasteiger partial charge on any atom is -0.459 e. The highest BCUT2D eigenvalue weighted by Crippen LogP contribution is 2.18. The maximum absolute atomic E-state index is 12.0. The molecule has 0 spiro atoms. The van der Waals surface area contributed by atoms with Crippen molar-refractivity contribution in [2.24, 2.45) is 0 Å². The average Bonchev–Trinajstić information content (AvgIpc) is 3.38. The summed E-state index contributed by atoms with van der Waals surface area (Å²) >= 11 is 0. The van der Waals surface area contributed by atoms with Crippen LogP contribution in [0.2, 0.25) is 0 Å². The minimum atomic E-state index is -0.335. The summed E-state index contributed by atoms with van der Waals surface area (Å²) < 4.78 is 9.97. The van der Waals surface area contributed by atoms with E-state index in [1.807, 2.05) is 0 Å². The second kappa shape index (κ2) is 9.42. The smallest absolute Gasteiger partial charge is 0.291 e. The summed E-state index contributed by atoms with van der Waals surface area (Å²) in [6, 6.07) is 10.2. The van der Waals surface area contributed by atoms with E-state index in [4.69, 9.17) is 9.15 Å². The monoisotopic (exact) mass is 384 g/mol. The molecule has 0 bridgehead atoms. The molecule has 28 heavy (non-hydrogen) atoms. The number of ether oxygens (including phenoxy) is 1. The van der Waals surface area contributed by atoms with Gasteiger partial charge in [0.05, 0.1) is 6.26 Å². The highest BCUT2D eigenvalue weighted by molar-refractivity contribution is 6.02. The zero-order valence-electron chi connectivity index (χ0n) is 15.3. The van der Waals surface area contributed by atoms with E-state index >= 15 is 0 Å².